The van der Waals surface area contributed by atoms with E-state index >= 15 is 0 Å². The fraction of sp³-hybridized carbons (Fsp3) is 0.357. The second kappa shape index (κ2) is 12.0. The van der Waals surface area contributed by atoms with Crippen LogP contribution in [0.2, 0.25) is 0 Å². The first-order valence-corrected chi connectivity index (χ1v) is 15.2. The Labute approximate surface area is 229 Å². The van der Waals surface area contributed by atoms with Crippen LogP contribution in [0, 0.1) is 0 Å². The van der Waals surface area contributed by atoms with Gasteiger partial charge in [-0.2, -0.15) is 13.2 Å². The van der Waals surface area contributed by atoms with Gasteiger partial charge in [0.25, 0.3) is 21.5 Å². The summed E-state index contributed by atoms with van der Waals surface area (Å²) in [5.74, 6) is -0.813. The molecular weight excluding hydrogens is 549 g/mol. The molecule has 0 saturated carbocycles. The summed E-state index contributed by atoms with van der Waals surface area (Å²) in [4.78, 5) is 26.3. The number of carbonyl (C=O) groups is 1. The second-order valence-electron chi connectivity index (χ2n) is 9.41. The number of unbranched alkanes of at least 4 members (excludes halogenated alkanes) is 4. The molecule has 0 bridgehead atoms. The van der Waals surface area contributed by atoms with Gasteiger partial charge in [-0.1, -0.05) is 62.9 Å². The van der Waals surface area contributed by atoms with E-state index < -0.39 is 39.3 Å². The number of hydrogen-bond acceptors (Lipinski definition) is 5. The van der Waals surface area contributed by atoms with Crippen molar-refractivity contribution in [2.45, 2.75) is 67.6 Å². The van der Waals surface area contributed by atoms with E-state index in [9.17, 15) is 31.2 Å². The minimum Gasteiger partial charge on any atom is -0.289 e. The van der Waals surface area contributed by atoms with Crippen molar-refractivity contribution in [3.63, 3.8) is 0 Å². The number of aryl methyl sites for hydroxylation is 1. The maximum Gasteiger partial charge on any atom is 0.416 e. The molecule has 0 aliphatic carbocycles. The Kier molecular flexibility index (Phi) is 8.90. The summed E-state index contributed by atoms with van der Waals surface area (Å²) in [5, 5.41) is 0.364. The van der Waals surface area contributed by atoms with E-state index in [1.165, 1.54) is 41.0 Å². The largest absolute Gasteiger partial charge is 0.416 e. The summed E-state index contributed by atoms with van der Waals surface area (Å²) in [5.41, 5.74) is 0.0779. The maximum absolute atomic E-state index is 13.5. The van der Waals surface area contributed by atoms with Crippen molar-refractivity contribution in [2.75, 3.05) is 5.75 Å². The van der Waals surface area contributed by atoms with Crippen LogP contribution in [-0.4, -0.2) is 24.6 Å². The van der Waals surface area contributed by atoms with Crippen LogP contribution in [0.5, 0.6) is 0 Å². The van der Waals surface area contributed by atoms with E-state index in [0.29, 0.717) is 28.1 Å². The lowest BCUT2D eigenvalue weighted by Crippen LogP contribution is -2.39. The average Bonchev–Trinajstić information content (AvgIpc) is 3.34. The lowest BCUT2D eigenvalue weighted by Gasteiger charge is -2.19. The summed E-state index contributed by atoms with van der Waals surface area (Å²) < 4.78 is 69.3. The highest BCUT2D eigenvalue weighted by Gasteiger charge is 2.36. The first-order valence-electron chi connectivity index (χ1n) is 12.7. The molecule has 1 atom stereocenters. The average molecular weight is 579 g/mol. The molecule has 208 valence electrons. The SMILES string of the molecule is CCCCCCCc1cc(=O)n2c(c1-c1cccc(C(F)(F)F)c1)SC[C@H]2C(=O)NS(=O)(=O)c1ccccc1. The van der Waals surface area contributed by atoms with Crippen LogP contribution in [0.25, 0.3) is 11.1 Å². The summed E-state index contributed by atoms with van der Waals surface area (Å²) in [6.07, 6.45) is 0.793. The van der Waals surface area contributed by atoms with Gasteiger partial charge in [-0.3, -0.25) is 14.2 Å². The third-order valence-corrected chi connectivity index (χ3v) is 9.12. The molecule has 1 aliphatic rings. The number of amides is 1. The van der Waals surface area contributed by atoms with Crippen LogP contribution in [-0.2, 0) is 27.4 Å². The van der Waals surface area contributed by atoms with Crippen LogP contribution in [0.15, 0.2) is 75.4 Å². The maximum atomic E-state index is 13.5. The highest BCUT2D eigenvalue weighted by Crippen LogP contribution is 2.42. The summed E-state index contributed by atoms with van der Waals surface area (Å²) in [6, 6.07) is 12.5. The quantitative estimate of drug-likeness (QED) is 0.290. The van der Waals surface area contributed by atoms with E-state index in [1.54, 1.807) is 12.1 Å². The van der Waals surface area contributed by atoms with Crippen molar-refractivity contribution in [3.05, 3.63) is 82.1 Å². The number of fused-ring (bicyclic) bond motifs is 1. The first kappa shape index (κ1) is 28.9. The van der Waals surface area contributed by atoms with Gasteiger partial charge in [0, 0.05) is 17.4 Å². The molecule has 1 aromatic heterocycles. The van der Waals surface area contributed by atoms with Crippen molar-refractivity contribution in [1.29, 1.82) is 0 Å². The van der Waals surface area contributed by atoms with E-state index in [-0.39, 0.29) is 10.6 Å². The van der Waals surface area contributed by atoms with E-state index in [4.69, 9.17) is 0 Å². The fourth-order valence-electron chi connectivity index (χ4n) is 4.65. The standard InChI is InChI=1S/C28H29F3N2O4S2/c1-2-3-4-5-7-11-20-17-24(34)33-23(26(35)32-39(36,37)22-14-8-6-9-15-22)18-38-27(33)25(20)19-12-10-13-21(16-19)28(29,30)31/h6,8-10,12-17,23H,2-5,7,11,18H2,1H3,(H,32,35)/t23-/m0/s1. The Bertz CT molecular complexity index is 1500. The molecule has 2 aromatic carbocycles. The first-order chi connectivity index (χ1) is 18.5. The van der Waals surface area contributed by atoms with Gasteiger partial charge in [-0.15, -0.1) is 11.8 Å². The Hall–Kier alpha value is -3.05. The number of nitrogens with one attached hydrogen (secondary N) is 1. The number of benzene rings is 2. The number of carbonyl (C=O) groups excluding carboxylic acids is 1. The van der Waals surface area contributed by atoms with E-state index in [2.05, 4.69) is 11.6 Å². The molecule has 3 aromatic rings. The smallest absolute Gasteiger partial charge is 0.289 e. The van der Waals surface area contributed by atoms with E-state index in [1.807, 2.05) is 0 Å². The van der Waals surface area contributed by atoms with Crippen LogP contribution in [0.3, 0.4) is 0 Å². The number of pyridine rings is 1. The number of aromatic nitrogens is 1. The lowest BCUT2D eigenvalue weighted by molar-refractivity contribution is -0.137. The topological polar surface area (TPSA) is 85.2 Å². The molecule has 1 N–H and O–H groups in total. The molecule has 1 aliphatic heterocycles. The summed E-state index contributed by atoms with van der Waals surface area (Å²) >= 11 is 1.16. The molecule has 11 heteroatoms. The molecule has 0 unspecified atom stereocenters. The monoisotopic (exact) mass is 578 g/mol. The zero-order valence-electron chi connectivity index (χ0n) is 21.3. The molecule has 39 heavy (non-hydrogen) atoms. The number of alkyl halides is 3. The van der Waals surface area contributed by atoms with Gasteiger partial charge in [0.15, 0.2) is 0 Å². The van der Waals surface area contributed by atoms with Crippen molar-refractivity contribution >= 4 is 27.7 Å². The summed E-state index contributed by atoms with van der Waals surface area (Å²) in [7, 11) is -4.17. The van der Waals surface area contributed by atoms with Crippen molar-refractivity contribution in [2.24, 2.45) is 0 Å². The van der Waals surface area contributed by atoms with Gasteiger partial charge in [-0.25, -0.2) is 13.1 Å². The number of rotatable bonds is 10. The zero-order valence-corrected chi connectivity index (χ0v) is 23.0. The second-order valence-corrected chi connectivity index (χ2v) is 12.1. The molecule has 1 amide bonds. The van der Waals surface area contributed by atoms with Crippen LogP contribution in [0.1, 0.15) is 56.2 Å². The Balaban J connectivity index is 1.74. The number of hydrogen-bond donors (Lipinski definition) is 1. The van der Waals surface area contributed by atoms with Crippen LogP contribution in [0.4, 0.5) is 13.2 Å². The molecule has 2 heterocycles. The van der Waals surface area contributed by atoms with Gasteiger partial charge in [-0.05, 0) is 48.2 Å². The van der Waals surface area contributed by atoms with Crippen molar-refractivity contribution in [1.82, 2.24) is 9.29 Å². The van der Waals surface area contributed by atoms with Crippen LogP contribution >= 0.6 is 11.8 Å². The highest BCUT2D eigenvalue weighted by atomic mass is 32.2. The molecule has 4 rings (SSSR count). The zero-order chi connectivity index (χ0) is 28.2. The molecule has 0 spiro atoms. The predicted molar refractivity (Wildman–Crippen MR) is 145 cm³/mol. The van der Waals surface area contributed by atoms with Gasteiger partial charge in [0.2, 0.25) is 0 Å². The number of halogens is 3. The van der Waals surface area contributed by atoms with Crippen molar-refractivity contribution in [3.8, 4) is 11.1 Å². The molecule has 6 nitrogen and oxygen atoms in total. The Morgan fingerprint density at radius 2 is 1.74 bits per heavy atom. The summed E-state index contributed by atoms with van der Waals surface area (Å²) in [6.45, 7) is 2.10. The van der Waals surface area contributed by atoms with Crippen LogP contribution < -0.4 is 10.3 Å². The van der Waals surface area contributed by atoms with Gasteiger partial charge < -0.3 is 0 Å². The normalized spacial score (nSPS) is 15.2. The Morgan fingerprint density at radius 1 is 1.03 bits per heavy atom. The third kappa shape index (κ3) is 6.58. The minimum atomic E-state index is -4.55. The van der Waals surface area contributed by atoms with Gasteiger partial charge in [0.05, 0.1) is 15.5 Å². The minimum absolute atomic E-state index is 0.0668. The molecular formula is C28H29F3N2O4S2. The number of thioether (sulfide) groups is 1. The number of nitrogens with zero attached hydrogens (tertiary/aromatic N) is 1. The van der Waals surface area contributed by atoms with Crippen molar-refractivity contribution < 1.29 is 26.4 Å². The number of sulfonamides is 1. The predicted octanol–water partition coefficient (Wildman–Crippen LogP) is 6.20. The van der Waals surface area contributed by atoms with Gasteiger partial charge >= 0.3 is 6.18 Å². The van der Waals surface area contributed by atoms with Gasteiger partial charge in [0.1, 0.15) is 6.04 Å². The molecule has 0 fully saturated rings. The molecule has 0 saturated heterocycles. The fourth-order valence-corrected chi connectivity index (χ4v) is 7.05. The molecule has 0 radical (unpaired) electrons. The highest BCUT2D eigenvalue weighted by molar-refractivity contribution is 7.99. The van der Waals surface area contributed by atoms with E-state index in [0.717, 1.165) is 56.0 Å². The lowest BCUT2D eigenvalue weighted by atomic mass is 9.95. The third-order valence-electron chi connectivity index (χ3n) is 6.60. The Morgan fingerprint density at radius 3 is 2.44 bits per heavy atom.